The zero-order chi connectivity index (χ0) is 18.4. The van der Waals surface area contributed by atoms with Gasteiger partial charge >= 0.3 is 5.97 Å². The first-order valence-corrected chi connectivity index (χ1v) is 8.42. The molecule has 8 nitrogen and oxygen atoms in total. The minimum atomic E-state index is -1.35. The third-order valence-electron chi connectivity index (χ3n) is 3.62. The fraction of sp³-hybridized carbons (Fsp3) is 0.800. The molecule has 0 spiro atoms. The fourth-order valence-electron chi connectivity index (χ4n) is 2.31. The summed E-state index contributed by atoms with van der Waals surface area (Å²) in [6, 6.07) is 0. The van der Waals surface area contributed by atoms with Crippen LogP contribution in [0, 0.1) is 5.41 Å². The van der Waals surface area contributed by atoms with Gasteiger partial charge in [0.25, 0.3) is 0 Å². The lowest BCUT2D eigenvalue weighted by atomic mass is 9.85. The summed E-state index contributed by atoms with van der Waals surface area (Å²) in [5, 5.41) is 14.3. The molecule has 1 heterocycles. The number of hydrogen-bond donors (Lipinski definition) is 4. The van der Waals surface area contributed by atoms with Crippen molar-refractivity contribution in [1.82, 2.24) is 10.6 Å². The van der Waals surface area contributed by atoms with Crippen LogP contribution in [0.15, 0.2) is 0 Å². The predicted octanol–water partition coefficient (Wildman–Crippen LogP) is 0.171. The van der Waals surface area contributed by atoms with E-state index in [0.717, 1.165) is 0 Å². The van der Waals surface area contributed by atoms with Crippen molar-refractivity contribution in [2.24, 2.45) is 5.41 Å². The minimum Gasteiger partial charge on any atom is -0.481 e. The second-order valence-electron chi connectivity index (χ2n) is 6.59. The molecule has 9 heteroatoms. The van der Waals surface area contributed by atoms with Gasteiger partial charge in [-0.1, -0.05) is 13.8 Å². The van der Waals surface area contributed by atoms with Crippen molar-refractivity contribution < 1.29 is 29.0 Å². The quantitative estimate of drug-likeness (QED) is 0.458. The number of hydrogen-bond acceptors (Lipinski definition) is 6. The minimum absolute atomic E-state index is 0.148. The number of carbonyl (C=O) groups excluding carboxylic acids is 2. The third-order valence-corrected chi connectivity index (χ3v) is 3.85. The van der Waals surface area contributed by atoms with E-state index in [1.54, 1.807) is 13.8 Å². The van der Waals surface area contributed by atoms with Crippen molar-refractivity contribution in [3.05, 3.63) is 0 Å². The van der Waals surface area contributed by atoms with Crippen LogP contribution in [-0.4, -0.2) is 60.2 Å². The Morgan fingerprint density at radius 2 is 1.88 bits per heavy atom. The van der Waals surface area contributed by atoms with E-state index in [-0.39, 0.29) is 37.8 Å². The van der Waals surface area contributed by atoms with Gasteiger partial charge in [0.2, 0.25) is 11.8 Å². The van der Waals surface area contributed by atoms with Gasteiger partial charge in [0.1, 0.15) is 6.10 Å². The average molecular weight is 362 g/mol. The Morgan fingerprint density at radius 3 is 2.46 bits per heavy atom. The first kappa shape index (κ1) is 20.7. The smallest absolute Gasteiger partial charge is 0.308 e. The van der Waals surface area contributed by atoms with Crippen LogP contribution in [0.25, 0.3) is 0 Å². The normalized spacial score (nSPS) is 25.8. The predicted molar refractivity (Wildman–Crippen MR) is 89.8 cm³/mol. The van der Waals surface area contributed by atoms with E-state index in [4.69, 9.17) is 14.6 Å². The monoisotopic (exact) mass is 362 g/mol. The molecule has 0 saturated carbocycles. The second-order valence-corrected chi connectivity index (χ2v) is 7.04. The zero-order valence-electron chi connectivity index (χ0n) is 14.3. The molecule has 1 aliphatic rings. The van der Waals surface area contributed by atoms with Crippen molar-refractivity contribution >= 4 is 30.4 Å². The van der Waals surface area contributed by atoms with E-state index < -0.39 is 23.3 Å². The molecule has 1 fully saturated rings. The Morgan fingerprint density at radius 1 is 1.21 bits per heavy atom. The molecule has 0 aromatic rings. The maximum absolute atomic E-state index is 12.4. The highest BCUT2D eigenvalue weighted by Crippen LogP contribution is 2.36. The molecule has 0 aliphatic carbocycles. The highest BCUT2D eigenvalue weighted by atomic mass is 32.1. The first-order chi connectivity index (χ1) is 11.1. The van der Waals surface area contributed by atoms with Gasteiger partial charge in [-0.05, 0) is 6.92 Å². The number of aliphatic carboxylic acids is 1. The molecule has 0 bridgehead atoms. The van der Waals surface area contributed by atoms with Gasteiger partial charge in [-0.25, -0.2) is 0 Å². The van der Waals surface area contributed by atoms with Gasteiger partial charge in [0, 0.05) is 30.7 Å². The zero-order valence-corrected chi connectivity index (χ0v) is 15.2. The molecule has 3 N–H and O–H groups in total. The van der Waals surface area contributed by atoms with Crippen LogP contribution in [0.3, 0.4) is 0 Å². The summed E-state index contributed by atoms with van der Waals surface area (Å²) < 4.78 is 11.2. The molecular formula is C15H26N2O6S. The molecule has 0 aromatic carbocycles. The van der Waals surface area contributed by atoms with Crippen LogP contribution in [0.4, 0.5) is 0 Å². The lowest BCUT2D eigenvalue weighted by Crippen LogP contribution is -2.58. The number of ether oxygens (including phenoxy) is 2. The number of nitrogens with one attached hydrogen (secondary N) is 2. The molecular weight excluding hydrogens is 336 g/mol. The summed E-state index contributed by atoms with van der Waals surface area (Å²) in [4.78, 5) is 34.8. The molecule has 1 rings (SSSR count). The van der Waals surface area contributed by atoms with Gasteiger partial charge in [0.15, 0.2) is 5.79 Å². The molecule has 0 radical (unpaired) electrons. The Hall–Kier alpha value is -1.32. The van der Waals surface area contributed by atoms with Gasteiger partial charge in [0.05, 0.1) is 13.0 Å². The maximum atomic E-state index is 12.4. The third kappa shape index (κ3) is 6.29. The van der Waals surface area contributed by atoms with Gasteiger partial charge in [-0.3, -0.25) is 14.4 Å². The van der Waals surface area contributed by atoms with E-state index in [0.29, 0.717) is 12.3 Å². The van der Waals surface area contributed by atoms with Gasteiger partial charge < -0.3 is 25.2 Å². The van der Waals surface area contributed by atoms with E-state index in [9.17, 15) is 14.4 Å². The summed E-state index contributed by atoms with van der Waals surface area (Å²) in [5.41, 5.74) is -0.615. The summed E-state index contributed by atoms with van der Waals surface area (Å²) >= 11 is 3.99. The van der Waals surface area contributed by atoms with Crippen molar-refractivity contribution in [3.8, 4) is 0 Å². The molecule has 1 unspecified atom stereocenters. The summed E-state index contributed by atoms with van der Waals surface area (Å²) in [6.07, 6.45) is -1.08. The topological polar surface area (TPSA) is 114 Å². The molecule has 0 aromatic heterocycles. The summed E-state index contributed by atoms with van der Waals surface area (Å²) in [5.74, 6) is -2.44. The molecule has 138 valence electrons. The largest absolute Gasteiger partial charge is 0.481 e. The van der Waals surface area contributed by atoms with Crippen molar-refractivity contribution in [1.29, 1.82) is 0 Å². The van der Waals surface area contributed by atoms with Crippen LogP contribution in [0.2, 0.25) is 0 Å². The standard InChI is InChI=1S/C15H26N2O6S/c1-14(2)9-22-15(3,8-11(19)20)23-12(14)13(21)17-5-4-10(18)16-6-7-24/h12,24H,4-9H2,1-3H3,(H,16,18)(H,17,21)(H,19,20)/t12-,15?/m0/s1. The Balaban J connectivity index is 2.58. The first-order valence-electron chi connectivity index (χ1n) is 7.78. The number of thiol groups is 1. The van der Waals surface area contributed by atoms with E-state index in [1.165, 1.54) is 6.92 Å². The van der Waals surface area contributed by atoms with Crippen molar-refractivity contribution in [2.45, 2.75) is 45.5 Å². The molecule has 24 heavy (non-hydrogen) atoms. The van der Waals surface area contributed by atoms with E-state index in [1.807, 2.05) is 0 Å². The van der Waals surface area contributed by atoms with Gasteiger partial charge in [-0.15, -0.1) is 0 Å². The lowest BCUT2D eigenvalue weighted by Gasteiger charge is -2.45. The van der Waals surface area contributed by atoms with Crippen LogP contribution in [-0.2, 0) is 23.9 Å². The van der Waals surface area contributed by atoms with Gasteiger partial charge in [-0.2, -0.15) is 12.6 Å². The molecule has 1 aliphatic heterocycles. The van der Waals surface area contributed by atoms with Crippen molar-refractivity contribution in [2.75, 3.05) is 25.4 Å². The lowest BCUT2D eigenvalue weighted by molar-refractivity contribution is -0.313. The second kappa shape index (κ2) is 8.68. The Bertz CT molecular complexity index is 485. The highest BCUT2D eigenvalue weighted by Gasteiger charge is 2.48. The molecule has 1 saturated heterocycles. The Kier molecular flexibility index (Phi) is 7.50. The fourth-order valence-corrected chi connectivity index (χ4v) is 2.42. The number of amides is 2. The van der Waals surface area contributed by atoms with Crippen LogP contribution in [0.5, 0.6) is 0 Å². The highest BCUT2D eigenvalue weighted by molar-refractivity contribution is 7.80. The maximum Gasteiger partial charge on any atom is 0.308 e. The van der Waals surface area contributed by atoms with E-state index >= 15 is 0 Å². The van der Waals surface area contributed by atoms with E-state index in [2.05, 4.69) is 23.3 Å². The van der Waals surface area contributed by atoms with Crippen LogP contribution >= 0.6 is 12.6 Å². The summed E-state index contributed by atoms with van der Waals surface area (Å²) in [7, 11) is 0. The Labute approximate surface area is 147 Å². The van der Waals surface area contributed by atoms with Crippen molar-refractivity contribution in [3.63, 3.8) is 0 Å². The summed E-state index contributed by atoms with van der Waals surface area (Å²) in [6.45, 7) is 5.94. The van der Waals surface area contributed by atoms with Crippen LogP contribution in [0.1, 0.15) is 33.6 Å². The van der Waals surface area contributed by atoms with Crippen LogP contribution < -0.4 is 10.6 Å². The number of carboxylic acid groups (broad SMARTS) is 1. The SMILES string of the molecule is CC1(CC(=O)O)OCC(C)(C)[C@H](C(=O)NCCC(=O)NCCS)O1. The number of carbonyl (C=O) groups is 3. The average Bonchev–Trinajstić information content (AvgIpc) is 2.47. The number of rotatable bonds is 8. The number of carboxylic acids is 1. The molecule has 2 atom stereocenters. The molecule has 2 amide bonds.